The number of carbonyl (C=O) groups is 3. The van der Waals surface area contributed by atoms with Gasteiger partial charge in [-0.05, 0) is 54.6 Å². The van der Waals surface area contributed by atoms with Gasteiger partial charge in [-0.3, -0.25) is 29.4 Å². The summed E-state index contributed by atoms with van der Waals surface area (Å²) >= 11 is 0.664. The lowest BCUT2D eigenvalue weighted by atomic mass is 10.1. The summed E-state index contributed by atoms with van der Waals surface area (Å²) in [5.41, 5.74) is -1.68. The van der Waals surface area contributed by atoms with Crippen molar-refractivity contribution in [3.8, 4) is 17.2 Å². The average Bonchev–Trinajstić information content (AvgIpc) is 3.17. The lowest BCUT2D eigenvalue weighted by Crippen LogP contribution is -2.46. The molecule has 3 amide bonds. The summed E-state index contributed by atoms with van der Waals surface area (Å²) < 4.78 is 55.4. The van der Waals surface area contributed by atoms with Gasteiger partial charge in [-0.25, -0.2) is 0 Å². The average molecular weight is 582 g/mol. The highest BCUT2D eigenvalue weighted by atomic mass is 32.2. The molecule has 2 heterocycles. The second kappa shape index (κ2) is 12.0. The molecule has 0 bridgehead atoms. The Labute approximate surface area is 229 Å². The number of amides is 3. The SMILES string of the molecule is CCOc1cc(/C=C2\SC(=O)N(CC(=O)N3CCOCC3)C2=O)ccc1Oc1ccc(C(F)(F)F)cc1[N+](=O)[O-]. The molecule has 0 radical (unpaired) electrons. The zero-order valence-electron chi connectivity index (χ0n) is 20.9. The molecule has 15 heteroatoms. The molecule has 4 rings (SSSR count). The Hall–Kier alpha value is -4.11. The quantitative estimate of drug-likeness (QED) is 0.248. The van der Waals surface area contributed by atoms with Gasteiger partial charge in [0, 0.05) is 19.2 Å². The van der Waals surface area contributed by atoms with Gasteiger partial charge in [0.05, 0.1) is 35.2 Å². The Morgan fingerprint density at radius 2 is 1.82 bits per heavy atom. The van der Waals surface area contributed by atoms with Gasteiger partial charge in [-0.2, -0.15) is 13.2 Å². The topological polar surface area (TPSA) is 129 Å². The standard InChI is InChI=1S/C25H22F3N3O8S/c1-2-38-20-11-15(3-5-19(20)39-18-6-4-16(25(26,27)28)13-17(18)31(35)36)12-21-23(33)30(24(34)40-21)14-22(32)29-7-9-37-10-8-29/h3-6,11-13H,2,7-10,14H2,1H3/b21-12-. The predicted molar refractivity (Wildman–Crippen MR) is 136 cm³/mol. The first-order valence-corrected chi connectivity index (χ1v) is 12.7. The van der Waals surface area contributed by atoms with Gasteiger partial charge in [0.2, 0.25) is 11.7 Å². The second-order valence-electron chi connectivity index (χ2n) is 8.44. The fraction of sp³-hybridized carbons (Fsp3) is 0.320. The first-order chi connectivity index (χ1) is 19.0. The molecule has 0 atom stereocenters. The number of carbonyl (C=O) groups excluding carboxylic acids is 3. The predicted octanol–water partition coefficient (Wildman–Crippen LogP) is 4.70. The zero-order valence-corrected chi connectivity index (χ0v) is 21.8. The first-order valence-electron chi connectivity index (χ1n) is 11.9. The van der Waals surface area contributed by atoms with Gasteiger partial charge < -0.3 is 19.1 Å². The normalized spacial score (nSPS) is 16.9. The van der Waals surface area contributed by atoms with Crippen molar-refractivity contribution in [2.45, 2.75) is 13.1 Å². The molecule has 2 aliphatic rings. The Kier molecular flexibility index (Phi) is 8.64. The van der Waals surface area contributed by atoms with Gasteiger partial charge in [-0.1, -0.05) is 6.07 Å². The molecule has 40 heavy (non-hydrogen) atoms. The van der Waals surface area contributed by atoms with E-state index in [1.165, 1.54) is 29.2 Å². The zero-order chi connectivity index (χ0) is 29.0. The van der Waals surface area contributed by atoms with E-state index in [0.717, 1.165) is 11.0 Å². The maximum Gasteiger partial charge on any atom is 0.416 e. The largest absolute Gasteiger partial charge is 0.490 e. The Morgan fingerprint density at radius 3 is 2.48 bits per heavy atom. The minimum Gasteiger partial charge on any atom is -0.490 e. The van der Waals surface area contributed by atoms with E-state index in [1.807, 2.05) is 0 Å². The second-order valence-corrected chi connectivity index (χ2v) is 9.43. The van der Waals surface area contributed by atoms with Crippen LogP contribution in [-0.4, -0.2) is 71.2 Å². The molecule has 2 aliphatic heterocycles. The van der Waals surface area contributed by atoms with E-state index < -0.39 is 45.8 Å². The van der Waals surface area contributed by atoms with Crippen LogP contribution >= 0.6 is 11.8 Å². The van der Waals surface area contributed by atoms with Crippen LogP contribution in [0.1, 0.15) is 18.1 Å². The number of thioether (sulfide) groups is 1. The summed E-state index contributed by atoms with van der Waals surface area (Å²) in [5, 5.41) is 10.8. The minimum atomic E-state index is -4.78. The number of ether oxygens (including phenoxy) is 3. The van der Waals surface area contributed by atoms with E-state index in [-0.39, 0.29) is 28.9 Å². The molecule has 2 fully saturated rings. The summed E-state index contributed by atoms with van der Waals surface area (Å²) in [6.45, 7) is 2.90. The smallest absolute Gasteiger partial charge is 0.416 e. The molecule has 0 aromatic heterocycles. The molecule has 0 N–H and O–H groups in total. The lowest BCUT2D eigenvalue weighted by molar-refractivity contribution is -0.385. The molecule has 2 aromatic carbocycles. The number of morpholine rings is 1. The third kappa shape index (κ3) is 6.54. The van der Waals surface area contributed by atoms with Crippen LogP contribution in [0.5, 0.6) is 17.2 Å². The number of benzene rings is 2. The van der Waals surface area contributed by atoms with Gasteiger partial charge >= 0.3 is 11.9 Å². The fourth-order valence-electron chi connectivity index (χ4n) is 3.84. The number of hydrogen-bond acceptors (Lipinski definition) is 9. The maximum atomic E-state index is 13.0. The van der Waals surface area contributed by atoms with E-state index in [2.05, 4.69) is 0 Å². The highest BCUT2D eigenvalue weighted by molar-refractivity contribution is 8.18. The molecule has 0 aliphatic carbocycles. The van der Waals surface area contributed by atoms with Crippen molar-refractivity contribution >= 4 is 40.6 Å². The molecular formula is C25H22F3N3O8S. The number of imide groups is 1. The number of rotatable bonds is 8. The highest BCUT2D eigenvalue weighted by Crippen LogP contribution is 2.41. The van der Waals surface area contributed by atoms with Crippen molar-refractivity contribution in [3.05, 3.63) is 62.5 Å². The van der Waals surface area contributed by atoms with Crippen molar-refractivity contribution in [3.63, 3.8) is 0 Å². The van der Waals surface area contributed by atoms with E-state index in [1.54, 1.807) is 6.92 Å². The maximum absolute atomic E-state index is 13.0. The molecule has 0 spiro atoms. The van der Waals surface area contributed by atoms with Crippen LogP contribution < -0.4 is 9.47 Å². The monoisotopic (exact) mass is 581 g/mol. The summed E-state index contributed by atoms with van der Waals surface area (Å²) in [4.78, 5) is 50.7. The number of halogens is 3. The van der Waals surface area contributed by atoms with Crippen LogP contribution in [0.15, 0.2) is 41.3 Å². The van der Waals surface area contributed by atoms with Crippen molar-refractivity contribution in [2.75, 3.05) is 39.5 Å². The van der Waals surface area contributed by atoms with Crippen molar-refractivity contribution in [2.24, 2.45) is 0 Å². The molecule has 212 valence electrons. The molecule has 2 saturated heterocycles. The first kappa shape index (κ1) is 28.9. The molecule has 11 nitrogen and oxygen atoms in total. The van der Waals surface area contributed by atoms with Gasteiger partial charge in [0.15, 0.2) is 11.5 Å². The molecule has 2 aromatic rings. The summed E-state index contributed by atoms with van der Waals surface area (Å²) in [7, 11) is 0. The molecule has 0 saturated carbocycles. The van der Waals surface area contributed by atoms with E-state index >= 15 is 0 Å². The van der Waals surface area contributed by atoms with Crippen molar-refractivity contribution in [1.29, 1.82) is 0 Å². The van der Waals surface area contributed by atoms with E-state index in [0.29, 0.717) is 55.8 Å². The molecular weight excluding hydrogens is 559 g/mol. The number of nitrogens with zero attached hydrogens (tertiary/aromatic N) is 3. The summed E-state index contributed by atoms with van der Waals surface area (Å²) in [6, 6.07) is 6.17. The Bertz CT molecular complexity index is 1380. The fourth-order valence-corrected chi connectivity index (χ4v) is 4.68. The van der Waals surface area contributed by atoms with Gasteiger partial charge in [0.1, 0.15) is 6.54 Å². The lowest BCUT2D eigenvalue weighted by Gasteiger charge is -2.28. The van der Waals surface area contributed by atoms with Crippen LogP contribution in [-0.2, 0) is 20.5 Å². The van der Waals surface area contributed by atoms with Crippen LogP contribution in [0.3, 0.4) is 0 Å². The highest BCUT2D eigenvalue weighted by Gasteiger charge is 2.37. The number of alkyl halides is 3. The number of hydrogen-bond donors (Lipinski definition) is 0. The van der Waals surface area contributed by atoms with Crippen LogP contribution in [0.4, 0.5) is 23.7 Å². The van der Waals surface area contributed by atoms with E-state index in [9.17, 15) is 37.7 Å². The molecule has 0 unspecified atom stereocenters. The summed E-state index contributed by atoms with van der Waals surface area (Å²) in [5.74, 6) is -1.38. The number of nitro benzene ring substituents is 1. The van der Waals surface area contributed by atoms with Crippen LogP contribution in [0, 0.1) is 10.1 Å². The van der Waals surface area contributed by atoms with Gasteiger partial charge in [0.25, 0.3) is 11.1 Å². The van der Waals surface area contributed by atoms with Crippen molar-refractivity contribution < 1.29 is 46.7 Å². The van der Waals surface area contributed by atoms with Crippen molar-refractivity contribution in [1.82, 2.24) is 9.80 Å². The van der Waals surface area contributed by atoms with Crippen LogP contribution in [0.25, 0.3) is 6.08 Å². The van der Waals surface area contributed by atoms with Gasteiger partial charge in [-0.15, -0.1) is 0 Å². The third-order valence-corrected chi connectivity index (χ3v) is 6.71. The Balaban J connectivity index is 1.55. The van der Waals surface area contributed by atoms with Crippen LogP contribution in [0.2, 0.25) is 0 Å². The summed E-state index contributed by atoms with van der Waals surface area (Å²) in [6.07, 6.45) is -3.37. The third-order valence-electron chi connectivity index (χ3n) is 5.80. The van der Waals surface area contributed by atoms with E-state index in [4.69, 9.17) is 14.2 Å². The Morgan fingerprint density at radius 1 is 1.12 bits per heavy atom. The number of nitro groups is 1. The minimum absolute atomic E-state index is 0.0222.